The third kappa shape index (κ3) is 1.94. The van der Waals surface area contributed by atoms with Gasteiger partial charge in [-0.3, -0.25) is 0 Å². The molecule has 1 atom stereocenters. The van der Waals surface area contributed by atoms with Crippen LogP contribution < -0.4 is 5.73 Å². The number of fused-ring (bicyclic) bond motifs is 1. The highest BCUT2D eigenvalue weighted by molar-refractivity contribution is 5.36. The molecule has 0 heterocycles. The van der Waals surface area contributed by atoms with Gasteiger partial charge in [0.25, 0.3) is 0 Å². The highest BCUT2D eigenvalue weighted by Gasteiger charge is 2.66. The molecule has 3 rings (SSSR count). The van der Waals surface area contributed by atoms with Crippen LogP contribution in [0.25, 0.3) is 0 Å². The zero-order valence-corrected chi connectivity index (χ0v) is 12.8. The van der Waals surface area contributed by atoms with Gasteiger partial charge in [0.15, 0.2) is 0 Å². The number of hydrogen-bond donors (Lipinski definition) is 1. The molecule has 0 aromatic heterocycles. The van der Waals surface area contributed by atoms with Gasteiger partial charge in [-0.1, -0.05) is 45.9 Å². The van der Waals surface area contributed by atoms with Gasteiger partial charge in [-0.25, -0.2) is 0 Å². The molecular weight excluding hydrogens is 230 g/mol. The molecule has 0 aliphatic heterocycles. The van der Waals surface area contributed by atoms with Crippen molar-refractivity contribution < 1.29 is 0 Å². The van der Waals surface area contributed by atoms with Crippen molar-refractivity contribution >= 4 is 0 Å². The monoisotopic (exact) mass is 257 g/mol. The average molecular weight is 257 g/mol. The molecule has 1 unspecified atom stereocenters. The van der Waals surface area contributed by atoms with E-state index in [0.29, 0.717) is 22.8 Å². The predicted octanol–water partition coefficient (Wildman–Crippen LogP) is 3.73. The second kappa shape index (κ2) is 4.09. The second-order valence-electron chi connectivity index (χ2n) is 7.75. The normalized spacial score (nSPS) is 25.1. The van der Waals surface area contributed by atoms with Gasteiger partial charge >= 0.3 is 0 Å². The Labute approximate surface area is 117 Å². The molecule has 1 aromatic carbocycles. The van der Waals surface area contributed by atoms with Gasteiger partial charge in [-0.15, -0.1) is 0 Å². The van der Waals surface area contributed by atoms with Crippen LogP contribution in [0.3, 0.4) is 0 Å². The lowest BCUT2D eigenvalue weighted by Gasteiger charge is -2.15. The highest BCUT2D eigenvalue weighted by atomic mass is 14.8. The van der Waals surface area contributed by atoms with E-state index in [4.69, 9.17) is 5.73 Å². The molecule has 0 amide bonds. The first-order valence-electron chi connectivity index (χ1n) is 7.70. The maximum Gasteiger partial charge on any atom is 0.0118 e. The van der Waals surface area contributed by atoms with Crippen molar-refractivity contribution in [2.24, 2.45) is 22.5 Å². The number of nitrogens with two attached hydrogens (primary N) is 1. The van der Waals surface area contributed by atoms with Crippen LogP contribution in [0.2, 0.25) is 0 Å². The fourth-order valence-corrected chi connectivity index (χ4v) is 4.46. The molecule has 1 nitrogen and oxygen atoms in total. The molecule has 2 aliphatic carbocycles. The molecule has 0 radical (unpaired) electrons. The van der Waals surface area contributed by atoms with Crippen molar-refractivity contribution in [2.45, 2.75) is 59.4 Å². The van der Waals surface area contributed by atoms with Gasteiger partial charge in [-0.05, 0) is 59.1 Å². The molecule has 0 saturated heterocycles. The molecule has 2 N–H and O–H groups in total. The minimum absolute atomic E-state index is 0.296. The molecule has 104 valence electrons. The SMILES string of the molecule is CC1(C)C(C(N)Cc2ccc3c(c2)CCC3)C1(C)C. The number of hydrogen-bond acceptors (Lipinski definition) is 1. The fraction of sp³-hybridized carbons (Fsp3) is 0.667. The molecule has 19 heavy (non-hydrogen) atoms. The van der Waals surface area contributed by atoms with Crippen LogP contribution in [0.1, 0.15) is 50.8 Å². The Morgan fingerprint density at radius 1 is 1.11 bits per heavy atom. The Bertz CT molecular complexity index is 484. The van der Waals surface area contributed by atoms with Crippen molar-refractivity contribution in [3.05, 3.63) is 34.9 Å². The van der Waals surface area contributed by atoms with Crippen LogP contribution in [0.15, 0.2) is 18.2 Å². The number of aryl methyl sites for hydroxylation is 2. The van der Waals surface area contributed by atoms with E-state index in [1.165, 1.54) is 24.8 Å². The molecule has 0 spiro atoms. The van der Waals surface area contributed by atoms with Gasteiger partial charge in [0, 0.05) is 6.04 Å². The van der Waals surface area contributed by atoms with E-state index in [1.54, 1.807) is 11.1 Å². The van der Waals surface area contributed by atoms with Crippen LogP contribution in [-0.2, 0) is 19.3 Å². The third-order valence-corrected chi connectivity index (χ3v) is 6.19. The van der Waals surface area contributed by atoms with Gasteiger partial charge < -0.3 is 5.73 Å². The zero-order chi connectivity index (χ0) is 13.8. The standard InChI is InChI=1S/C18H27N/c1-17(2)16(18(17,3)4)15(19)11-12-8-9-13-6-5-7-14(13)10-12/h8-10,15-16H,5-7,11,19H2,1-4H3. The van der Waals surface area contributed by atoms with Gasteiger partial charge in [0.05, 0.1) is 0 Å². The minimum Gasteiger partial charge on any atom is -0.327 e. The van der Waals surface area contributed by atoms with Crippen LogP contribution in [0.5, 0.6) is 0 Å². The maximum atomic E-state index is 6.51. The summed E-state index contributed by atoms with van der Waals surface area (Å²) in [6.07, 6.45) is 4.89. The van der Waals surface area contributed by atoms with Gasteiger partial charge in [0.1, 0.15) is 0 Å². The molecule has 0 bridgehead atoms. The van der Waals surface area contributed by atoms with E-state index in [9.17, 15) is 0 Å². The average Bonchev–Trinajstić information content (AvgIpc) is 2.67. The van der Waals surface area contributed by atoms with Crippen molar-refractivity contribution in [2.75, 3.05) is 0 Å². The summed E-state index contributed by atoms with van der Waals surface area (Å²) in [6.45, 7) is 9.45. The van der Waals surface area contributed by atoms with Crippen LogP contribution >= 0.6 is 0 Å². The Morgan fingerprint density at radius 2 is 1.74 bits per heavy atom. The van der Waals surface area contributed by atoms with Crippen LogP contribution in [-0.4, -0.2) is 6.04 Å². The molecule has 1 saturated carbocycles. The summed E-state index contributed by atoms with van der Waals surface area (Å²) in [5.74, 6) is 0.647. The topological polar surface area (TPSA) is 26.0 Å². The van der Waals surface area contributed by atoms with Crippen LogP contribution in [0.4, 0.5) is 0 Å². The van der Waals surface area contributed by atoms with E-state index in [1.807, 2.05) is 0 Å². The van der Waals surface area contributed by atoms with E-state index in [0.717, 1.165) is 6.42 Å². The summed E-state index contributed by atoms with van der Waals surface area (Å²) in [5.41, 5.74) is 11.9. The lowest BCUT2D eigenvalue weighted by molar-refractivity contribution is 0.457. The minimum atomic E-state index is 0.296. The number of rotatable bonds is 3. The smallest absolute Gasteiger partial charge is 0.0118 e. The van der Waals surface area contributed by atoms with Crippen molar-refractivity contribution in [1.29, 1.82) is 0 Å². The Balaban J connectivity index is 1.73. The van der Waals surface area contributed by atoms with Crippen LogP contribution in [0, 0.1) is 16.7 Å². The summed E-state index contributed by atoms with van der Waals surface area (Å²) >= 11 is 0. The molecule has 2 aliphatic rings. The Hall–Kier alpha value is -0.820. The second-order valence-corrected chi connectivity index (χ2v) is 7.75. The lowest BCUT2D eigenvalue weighted by Crippen LogP contribution is -2.28. The lowest BCUT2D eigenvalue weighted by atomic mass is 9.96. The van der Waals surface area contributed by atoms with Crippen molar-refractivity contribution in [3.8, 4) is 0 Å². The summed E-state index contributed by atoms with van der Waals surface area (Å²) in [4.78, 5) is 0. The molecular formula is C18H27N. The molecule has 1 fully saturated rings. The van der Waals surface area contributed by atoms with E-state index >= 15 is 0 Å². The van der Waals surface area contributed by atoms with E-state index in [-0.39, 0.29) is 0 Å². The zero-order valence-electron chi connectivity index (χ0n) is 12.8. The first kappa shape index (κ1) is 13.2. The molecule has 1 heteroatoms. The maximum absolute atomic E-state index is 6.51. The van der Waals surface area contributed by atoms with Gasteiger partial charge in [0.2, 0.25) is 0 Å². The summed E-state index contributed by atoms with van der Waals surface area (Å²) in [7, 11) is 0. The van der Waals surface area contributed by atoms with Crippen molar-refractivity contribution in [3.63, 3.8) is 0 Å². The number of benzene rings is 1. The Morgan fingerprint density at radius 3 is 2.37 bits per heavy atom. The Kier molecular flexibility index (Phi) is 2.83. The highest BCUT2D eigenvalue weighted by Crippen LogP contribution is 2.69. The summed E-state index contributed by atoms with van der Waals surface area (Å²) < 4.78 is 0. The quantitative estimate of drug-likeness (QED) is 0.877. The van der Waals surface area contributed by atoms with E-state index < -0.39 is 0 Å². The molecule has 1 aromatic rings. The first-order valence-corrected chi connectivity index (χ1v) is 7.70. The summed E-state index contributed by atoms with van der Waals surface area (Å²) in [5, 5.41) is 0. The van der Waals surface area contributed by atoms with Crippen molar-refractivity contribution in [1.82, 2.24) is 0 Å². The largest absolute Gasteiger partial charge is 0.327 e. The predicted molar refractivity (Wildman–Crippen MR) is 81.2 cm³/mol. The summed E-state index contributed by atoms with van der Waals surface area (Å²) in [6, 6.07) is 7.33. The van der Waals surface area contributed by atoms with Gasteiger partial charge in [-0.2, -0.15) is 0 Å². The third-order valence-electron chi connectivity index (χ3n) is 6.19. The van der Waals surface area contributed by atoms with E-state index in [2.05, 4.69) is 45.9 Å². The fourth-order valence-electron chi connectivity index (χ4n) is 4.46. The first-order chi connectivity index (χ1) is 8.84.